The molecule has 14 heavy (non-hydrogen) atoms. The lowest BCUT2D eigenvalue weighted by Gasteiger charge is -2.32. The molecule has 0 bridgehead atoms. The second-order valence-electron chi connectivity index (χ2n) is 4.00. The van der Waals surface area contributed by atoms with Crippen LogP contribution in [0.5, 0.6) is 0 Å². The standard InChI is InChI=1S/C10H24N4/c1-11-5-3-9-7-13-8-10(14-9)4-6-12-2/h9-14H,3-8H2,1-2H3. The van der Waals surface area contributed by atoms with Gasteiger partial charge in [0.25, 0.3) is 0 Å². The number of hydrogen-bond donors (Lipinski definition) is 4. The molecule has 1 saturated heterocycles. The Morgan fingerprint density at radius 3 is 1.93 bits per heavy atom. The molecule has 1 rings (SSSR count). The Morgan fingerprint density at radius 1 is 1.00 bits per heavy atom. The highest BCUT2D eigenvalue weighted by molar-refractivity contribution is 4.83. The lowest BCUT2D eigenvalue weighted by atomic mass is 10.1. The summed E-state index contributed by atoms with van der Waals surface area (Å²) >= 11 is 0. The fourth-order valence-electron chi connectivity index (χ4n) is 1.89. The summed E-state index contributed by atoms with van der Waals surface area (Å²) in [7, 11) is 4.02. The Kier molecular flexibility index (Phi) is 6.10. The molecule has 1 aliphatic heterocycles. The summed E-state index contributed by atoms with van der Waals surface area (Å²) in [4.78, 5) is 0. The van der Waals surface area contributed by atoms with E-state index in [0.717, 1.165) is 26.2 Å². The van der Waals surface area contributed by atoms with Gasteiger partial charge in [-0.15, -0.1) is 0 Å². The fraction of sp³-hybridized carbons (Fsp3) is 1.00. The zero-order valence-corrected chi connectivity index (χ0v) is 9.40. The average Bonchev–Trinajstić information content (AvgIpc) is 2.24. The summed E-state index contributed by atoms with van der Waals surface area (Å²) < 4.78 is 0. The molecule has 0 aromatic carbocycles. The number of nitrogens with one attached hydrogen (secondary N) is 4. The van der Waals surface area contributed by atoms with Crippen LogP contribution in [-0.4, -0.2) is 52.4 Å². The van der Waals surface area contributed by atoms with E-state index in [-0.39, 0.29) is 0 Å². The summed E-state index contributed by atoms with van der Waals surface area (Å²) in [5, 5.41) is 13.6. The minimum absolute atomic E-state index is 0.637. The van der Waals surface area contributed by atoms with Crippen molar-refractivity contribution in [1.29, 1.82) is 0 Å². The predicted molar refractivity (Wildman–Crippen MR) is 60.7 cm³/mol. The second-order valence-corrected chi connectivity index (χ2v) is 4.00. The van der Waals surface area contributed by atoms with Gasteiger partial charge < -0.3 is 21.3 Å². The molecule has 0 radical (unpaired) electrons. The molecule has 1 heterocycles. The van der Waals surface area contributed by atoms with E-state index in [1.807, 2.05) is 14.1 Å². The highest BCUT2D eigenvalue weighted by atomic mass is 15.1. The van der Waals surface area contributed by atoms with Crippen molar-refractivity contribution in [3.63, 3.8) is 0 Å². The van der Waals surface area contributed by atoms with Crippen LogP contribution in [0, 0.1) is 0 Å². The maximum Gasteiger partial charge on any atom is 0.0207 e. The smallest absolute Gasteiger partial charge is 0.0207 e. The van der Waals surface area contributed by atoms with Gasteiger partial charge in [0.15, 0.2) is 0 Å². The molecule has 84 valence electrons. The van der Waals surface area contributed by atoms with E-state index in [1.54, 1.807) is 0 Å². The van der Waals surface area contributed by atoms with Crippen molar-refractivity contribution in [3.8, 4) is 0 Å². The van der Waals surface area contributed by atoms with Gasteiger partial charge in [0, 0.05) is 25.2 Å². The van der Waals surface area contributed by atoms with Gasteiger partial charge in [-0.1, -0.05) is 0 Å². The molecular formula is C10H24N4. The van der Waals surface area contributed by atoms with Crippen molar-refractivity contribution < 1.29 is 0 Å². The quantitative estimate of drug-likeness (QED) is 0.450. The van der Waals surface area contributed by atoms with E-state index in [1.165, 1.54) is 12.8 Å². The molecule has 0 aromatic heterocycles. The first-order chi connectivity index (χ1) is 6.86. The molecule has 2 atom stereocenters. The predicted octanol–water partition coefficient (Wildman–Crippen LogP) is -0.865. The Balaban J connectivity index is 2.14. The van der Waals surface area contributed by atoms with Gasteiger partial charge in [0.2, 0.25) is 0 Å². The zero-order chi connectivity index (χ0) is 10.2. The first kappa shape index (κ1) is 11.9. The lowest BCUT2D eigenvalue weighted by Crippen LogP contribution is -2.55. The molecule has 4 nitrogen and oxygen atoms in total. The molecule has 1 aliphatic rings. The van der Waals surface area contributed by atoms with Crippen LogP contribution in [0.4, 0.5) is 0 Å². The summed E-state index contributed by atoms with van der Waals surface area (Å²) in [5.41, 5.74) is 0. The van der Waals surface area contributed by atoms with E-state index < -0.39 is 0 Å². The third kappa shape index (κ3) is 4.37. The molecule has 0 aromatic rings. The van der Waals surface area contributed by atoms with E-state index >= 15 is 0 Å². The zero-order valence-electron chi connectivity index (χ0n) is 9.40. The average molecular weight is 200 g/mol. The molecule has 1 fully saturated rings. The van der Waals surface area contributed by atoms with Gasteiger partial charge in [0.05, 0.1) is 0 Å². The molecule has 0 amide bonds. The van der Waals surface area contributed by atoms with E-state index in [0.29, 0.717) is 12.1 Å². The Morgan fingerprint density at radius 2 is 1.50 bits per heavy atom. The van der Waals surface area contributed by atoms with Crippen LogP contribution in [0.25, 0.3) is 0 Å². The maximum absolute atomic E-state index is 3.68. The topological polar surface area (TPSA) is 48.1 Å². The fourth-order valence-corrected chi connectivity index (χ4v) is 1.89. The highest BCUT2D eigenvalue weighted by Crippen LogP contribution is 2.00. The summed E-state index contributed by atoms with van der Waals surface area (Å²) in [6.07, 6.45) is 2.42. The third-order valence-corrected chi connectivity index (χ3v) is 2.74. The summed E-state index contributed by atoms with van der Waals surface area (Å²) in [5.74, 6) is 0. The van der Waals surface area contributed by atoms with Gasteiger partial charge in [-0.25, -0.2) is 0 Å². The SMILES string of the molecule is CNCCC1CNCC(CCNC)N1. The van der Waals surface area contributed by atoms with Crippen molar-refractivity contribution in [2.24, 2.45) is 0 Å². The molecule has 4 N–H and O–H groups in total. The first-order valence-electron chi connectivity index (χ1n) is 5.62. The van der Waals surface area contributed by atoms with Crippen LogP contribution in [0.3, 0.4) is 0 Å². The van der Waals surface area contributed by atoms with Crippen LogP contribution in [0.2, 0.25) is 0 Å². The summed E-state index contributed by atoms with van der Waals surface area (Å²) in [6, 6.07) is 1.27. The molecule has 0 saturated carbocycles. The Hall–Kier alpha value is -0.160. The molecule has 4 heteroatoms. The van der Waals surface area contributed by atoms with E-state index in [4.69, 9.17) is 0 Å². The van der Waals surface area contributed by atoms with E-state index in [9.17, 15) is 0 Å². The lowest BCUT2D eigenvalue weighted by molar-refractivity contribution is 0.312. The van der Waals surface area contributed by atoms with Gasteiger partial charge in [0.1, 0.15) is 0 Å². The minimum Gasteiger partial charge on any atom is -0.320 e. The molecule has 0 spiro atoms. The van der Waals surface area contributed by atoms with Crippen LogP contribution in [-0.2, 0) is 0 Å². The van der Waals surface area contributed by atoms with Crippen LogP contribution < -0.4 is 21.3 Å². The number of hydrogen-bond acceptors (Lipinski definition) is 4. The van der Waals surface area contributed by atoms with Crippen LogP contribution >= 0.6 is 0 Å². The molecule has 2 unspecified atom stereocenters. The van der Waals surface area contributed by atoms with Crippen molar-refractivity contribution >= 4 is 0 Å². The third-order valence-electron chi connectivity index (χ3n) is 2.74. The second kappa shape index (κ2) is 7.17. The van der Waals surface area contributed by atoms with Crippen molar-refractivity contribution in [2.45, 2.75) is 24.9 Å². The highest BCUT2D eigenvalue weighted by Gasteiger charge is 2.19. The van der Waals surface area contributed by atoms with Crippen molar-refractivity contribution in [2.75, 3.05) is 40.3 Å². The van der Waals surface area contributed by atoms with Crippen molar-refractivity contribution in [1.82, 2.24) is 21.3 Å². The van der Waals surface area contributed by atoms with Gasteiger partial charge in [-0.3, -0.25) is 0 Å². The summed E-state index contributed by atoms with van der Waals surface area (Å²) in [6.45, 7) is 4.41. The van der Waals surface area contributed by atoms with Crippen molar-refractivity contribution in [3.05, 3.63) is 0 Å². The Labute approximate surface area is 87.2 Å². The normalized spacial score (nSPS) is 27.9. The first-order valence-corrected chi connectivity index (χ1v) is 5.62. The number of piperazine rings is 1. The number of rotatable bonds is 6. The van der Waals surface area contributed by atoms with Crippen LogP contribution in [0.15, 0.2) is 0 Å². The van der Waals surface area contributed by atoms with E-state index in [2.05, 4.69) is 21.3 Å². The van der Waals surface area contributed by atoms with Crippen LogP contribution in [0.1, 0.15) is 12.8 Å². The molecular weight excluding hydrogens is 176 g/mol. The van der Waals surface area contributed by atoms with Gasteiger partial charge in [-0.05, 0) is 40.0 Å². The van der Waals surface area contributed by atoms with Gasteiger partial charge in [-0.2, -0.15) is 0 Å². The Bertz CT molecular complexity index is 126. The minimum atomic E-state index is 0.637. The maximum atomic E-state index is 3.68. The molecule has 0 aliphatic carbocycles. The largest absolute Gasteiger partial charge is 0.320 e. The van der Waals surface area contributed by atoms with Gasteiger partial charge >= 0.3 is 0 Å². The monoisotopic (exact) mass is 200 g/mol.